The predicted molar refractivity (Wildman–Crippen MR) is 113 cm³/mol. The third-order valence-electron chi connectivity index (χ3n) is 5.37. The van der Waals surface area contributed by atoms with Crippen LogP contribution < -0.4 is 4.74 Å². The van der Waals surface area contributed by atoms with Crippen LogP contribution in [-0.4, -0.2) is 44.4 Å². The number of carbonyl (C=O) groups excluding carboxylic acids is 1. The molecule has 1 aromatic heterocycles. The molecule has 0 saturated carbocycles. The van der Waals surface area contributed by atoms with E-state index in [4.69, 9.17) is 4.74 Å². The number of aromatic hydroxyl groups is 2. The number of nitrogens with one attached hydrogen (secondary N) is 1. The third-order valence-corrected chi connectivity index (χ3v) is 5.37. The molecule has 2 heterocycles. The van der Waals surface area contributed by atoms with Crippen LogP contribution in [0.1, 0.15) is 54.3 Å². The molecule has 0 aliphatic carbocycles. The quantitative estimate of drug-likeness (QED) is 0.544. The lowest BCUT2D eigenvalue weighted by atomic mass is 9.95. The number of para-hydroxylation sites is 1. The topological polar surface area (TPSA) is 98.7 Å². The van der Waals surface area contributed by atoms with E-state index in [0.717, 1.165) is 24.0 Å². The maximum atomic E-state index is 13.2. The molecule has 0 spiro atoms. The van der Waals surface area contributed by atoms with Gasteiger partial charge in [-0.15, -0.1) is 0 Å². The van der Waals surface area contributed by atoms with Crippen molar-refractivity contribution in [2.45, 2.75) is 32.7 Å². The van der Waals surface area contributed by atoms with E-state index in [0.29, 0.717) is 35.9 Å². The van der Waals surface area contributed by atoms with Crippen molar-refractivity contribution in [2.24, 2.45) is 0 Å². The summed E-state index contributed by atoms with van der Waals surface area (Å²) >= 11 is 0. The average Bonchev–Trinajstić information content (AvgIpc) is 3.28. The number of hydrogen-bond acceptors (Lipinski definition) is 5. The minimum absolute atomic E-state index is 0.0541. The van der Waals surface area contributed by atoms with Gasteiger partial charge in [0.2, 0.25) is 0 Å². The Morgan fingerprint density at radius 3 is 2.67 bits per heavy atom. The first-order valence-electron chi connectivity index (χ1n) is 10.2. The standard InChI is InChI=1S/C23H25N3O4/c1-3-5-12-26-22(14-10-11-17(28)18(13-14)30-4-2)19-20(24-25-21(19)23(26)29)15-8-6-7-9-16(15)27/h6-11,13,22,27-28H,3-5,12H2,1-2H3,(H,24,25)/t22-/m1/s1. The summed E-state index contributed by atoms with van der Waals surface area (Å²) in [6, 6.07) is 11.7. The van der Waals surface area contributed by atoms with Crippen LogP contribution in [0.3, 0.4) is 0 Å². The Bertz CT molecular complexity index is 1080. The number of amides is 1. The van der Waals surface area contributed by atoms with E-state index in [-0.39, 0.29) is 17.4 Å². The van der Waals surface area contributed by atoms with Gasteiger partial charge in [0.1, 0.15) is 17.1 Å². The van der Waals surface area contributed by atoms with Gasteiger partial charge in [0.25, 0.3) is 5.91 Å². The largest absolute Gasteiger partial charge is 0.507 e. The fourth-order valence-electron chi connectivity index (χ4n) is 3.95. The molecule has 3 N–H and O–H groups in total. The second kappa shape index (κ2) is 8.10. The molecule has 156 valence electrons. The Hall–Kier alpha value is -3.48. The molecule has 0 saturated heterocycles. The highest BCUT2D eigenvalue weighted by Gasteiger charge is 2.42. The number of fused-ring (bicyclic) bond motifs is 1. The van der Waals surface area contributed by atoms with Crippen molar-refractivity contribution < 1.29 is 19.7 Å². The molecule has 4 rings (SSSR count). The zero-order chi connectivity index (χ0) is 21.3. The highest BCUT2D eigenvalue weighted by Crippen LogP contribution is 2.45. The summed E-state index contributed by atoms with van der Waals surface area (Å²) in [4.78, 5) is 15.0. The summed E-state index contributed by atoms with van der Waals surface area (Å²) in [5, 5.41) is 27.8. The van der Waals surface area contributed by atoms with E-state index in [1.165, 1.54) is 0 Å². The summed E-state index contributed by atoms with van der Waals surface area (Å²) in [5.74, 6) is 0.409. The zero-order valence-corrected chi connectivity index (χ0v) is 17.1. The van der Waals surface area contributed by atoms with E-state index in [2.05, 4.69) is 17.1 Å². The number of carbonyl (C=O) groups is 1. The molecular weight excluding hydrogens is 382 g/mol. The van der Waals surface area contributed by atoms with Crippen LogP contribution in [0.15, 0.2) is 42.5 Å². The van der Waals surface area contributed by atoms with Gasteiger partial charge in [-0.3, -0.25) is 9.89 Å². The first-order valence-corrected chi connectivity index (χ1v) is 10.2. The number of phenolic OH excluding ortho intramolecular Hbond substituents is 2. The van der Waals surface area contributed by atoms with Crippen LogP contribution in [-0.2, 0) is 0 Å². The second-order valence-corrected chi connectivity index (χ2v) is 7.29. The molecule has 3 aromatic rings. The highest BCUT2D eigenvalue weighted by molar-refractivity contribution is 6.00. The summed E-state index contributed by atoms with van der Waals surface area (Å²) in [7, 11) is 0. The minimum Gasteiger partial charge on any atom is -0.507 e. The van der Waals surface area contributed by atoms with Gasteiger partial charge in [0.15, 0.2) is 11.5 Å². The third kappa shape index (κ3) is 3.26. The van der Waals surface area contributed by atoms with Gasteiger partial charge < -0.3 is 19.8 Å². The van der Waals surface area contributed by atoms with Gasteiger partial charge in [-0.25, -0.2) is 0 Å². The van der Waals surface area contributed by atoms with E-state index >= 15 is 0 Å². The van der Waals surface area contributed by atoms with Crippen molar-refractivity contribution in [1.29, 1.82) is 0 Å². The monoisotopic (exact) mass is 407 g/mol. The summed E-state index contributed by atoms with van der Waals surface area (Å²) in [6.45, 7) is 4.94. The van der Waals surface area contributed by atoms with Crippen molar-refractivity contribution >= 4 is 5.91 Å². The Kier molecular flexibility index (Phi) is 5.35. The molecular formula is C23H25N3O4. The van der Waals surface area contributed by atoms with E-state index < -0.39 is 6.04 Å². The van der Waals surface area contributed by atoms with Crippen LogP contribution in [0.4, 0.5) is 0 Å². The normalized spacial score (nSPS) is 15.5. The van der Waals surface area contributed by atoms with Gasteiger partial charge >= 0.3 is 0 Å². The lowest BCUT2D eigenvalue weighted by molar-refractivity contribution is 0.0741. The molecule has 2 aromatic carbocycles. The van der Waals surface area contributed by atoms with Gasteiger partial charge in [-0.2, -0.15) is 5.10 Å². The Morgan fingerprint density at radius 1 is 1.13 bits per heavy atom. The fraction of sp³-hybridized carbons (Fsp3) is 0.304. The number of rotatable bonds is 7. The number of H-pyrrole nitrogens is 1. The first kappa shape index (κ1) is 19.8. The zero-order valence-electron chi connectivity index (χ0n) is 17.1. The fourth-order valence-corrected chi connectivity index (χ4v) is 3.95. The van der Waals surface area contributed by atoms with Crippen molar-refractivity contribution in [2.75, 3.05) is 13.2 Å². The maximum absolute atomic E-state index is 13.2. The van der Waals surface area contributed by atoms with Gasteiger partial charge in [0.05, 0.1) is 12.6 Å². The SMILES string of the molecule is CCCCN1C(=O)c2[nH]nc(-c3ccccc3O)c2[C@H]1c1ccc(O)c(OCC)c1. The highest BCUT2D eigenvalue weighted by atomic mass is 16.5. The molecule has 1 aliphatic heterocycles. The van der Waals surface area contributed by atoms with Crippen LogP contribution >= 0.6 is 0 Å². The van der Waals surface area contributed by atoms with Crippen LogP contribution in [0, 0.1) is 0 Å². The molecule has 0 bridgehead atoms. The molecule has 1 aliphatic rings. The number of phenols is 2. The van der Waals surface area contributed by atoms with Crippen molar-refractivity contribution in [1.82, 2.24) is 15.1 Å². The minimum atomic E-state index is -0.396. The second-order valence-electron chi connectivity index (χ2n) is 7.29. The van der Waals surface area contributed by atoms with Gasteiger partial charge in [-0.05, 0) is 43.2 Å². The number of ether oxygens (including phenoxy) is 1. The van der Waals surface area contributed by atoms with Crippen LogP contribution in [0.25, 0.3) is 11.3 Å². The molecule has 1 atom stereocenters. The van der Waals surface area contributed by atoms with Gasteiger partial charge in [0, 0.05) is 17.7 Å². The summed E-state index contributed by atoms with van der Waals surface area (Å²) < 4.78 is 5.57. The smallest absolute Gasteiger partial charge is 0.273 e. The predicted octanol–water partition coefficient (Wildman–Crippen LogP) is 4.23. The molecule has 1 amide bonds. The van der Waals surface area contributed by atoms with Crippen molar-refractivity contribution in [3.8, 4) is 28.5 Å². The van der Waals surface area contributed by atoms with E-state index in [9.17, 15) is 15.0 Å². The maximum Gasteiger partial charge on any atom is 0.273 e. The number of hydrogen-bond donors (Lipinski definition) is 3. The van der Waals surface area contributed by atoms with E-state index in [1.807, 2.05) is 17.9 Å². The molecule has 30 heavy (non-hydrogen) atoms. The molecule has 0 radical (unpaired) electrons. The Labute approximate surface area is 174 Å². The number of nitrogens with zero attached hydrogens (tertiary/aromatic N) is 2. The van der Waals surface area contributed by atoms with Crippen molar-refractivity contribution in [3.05, 3.63) is 59.3 Å². The van der Waals surface area contributed by atoms with Crippen LogP contribution in [0.5, 0.6) is 17.2 Å². The number of unbranched alkanes of at least 4 members (excludes halogenated alkanes) is 1. The summed E-state index contributed by atoms with van der Waals surface area (Å²) in [6.07, 6.45) is 1.82. The Balaban J connectivity index is 1.88. The lowest BCUT2D eigenvalue weighted by Gasteiger charge is -2.26. The number of benzene rings is 2. The number of aromatic amines is 1. The molecule has 0 unspecified atom stereocenters. The lowest BCUT2D eigenvalue weighted by Crippen LogP contribution is -2.30. The summed E-state index contributed by atoms with van der Waals surface area (Å²) in [5.41, 5.74) is 3.09. The molecule has 7 nitrogen and oxygen atoms in total. The van der Waals surface area contributed by atoms with E-state index in [1.54, 1.807) is 36.4 Å². The number of aromatic nitrogens is 2. The van der Waals surface area contributed by atoms with Crippen LogP contribution in [0.2, 0.25) is 0 Å². The first-order chi connectivity index (χ1) is 14.6. The molecule has 7 heteroatoms. The Morgan fingerprint density at radius 2 is 1.93 bits per heavy atom. The van der Waals surface area contributed by atoms with Gasteiger partial charge in [-0.1, -0.05) is 31.5 Å². The van der Waals surface area contributed by atoms with Crippen molar-refractivity contribution in [3.63, 3.8) is 0 Å². The average molecular weight is 407 g/mol. The molecule has 0 fully saturated rings.